The van der Waals surface area contributed by atoms with Crippen molar-refractivity contribution in [2.75, 3.05) is 12.9 Å². The predicted octanol–water partition coefficient (Wildman–Crippen LogP) is 3.04. The number of aromatic nitrogens is 3. The highest BCUT2D eigenvalue weighted by Gasteiger charge is 2.36. The molecular formula is C13H12F3N3O2S. The number of alkyl halides is 3. The zero-order chi connectivity index (χ0) is 15.9. The first-order valence-electron chi connectivity index (χ1n) is 6.58. The summed E-state index contributed by atoms with van der Waals surface area (Å²) in [5.41, 5.74) is -1.08. The molecule has 1 aliphatic carbocycles. The van der Waals surface area contributed by atoms with E-state index in [0.717, 1.165) is 36.5 Å². The van der Waals surface area contributed by atoms with Crippen molar-refractivity contribution in [2.24, 2.45) is 5.92 Å². The summed E-state index contributed by atoms with van der Waals surface area (Å²) >= 11 is 1.22. The van der Waals surface area contributed by atoms with Gasteiger partial charge in [0.15, 0.2) is 10.8 Å². The number of esters is 1. The predicted molar refractivity (Wildman–Crippen MR) is 72.8 cm³/mol. The maximum atomic E-state index is 13.2. The number of carbonyl (C=O) groups excluding carboxylic acids is 1. The number of nitrogens with zero attached hydrogens (tertiary/aromatic N) is 3. The number of rotatable bonds is 4. The van der Waals surface area contributed by atoms with Crippen LogP contribution in [-0.4, -0.2) is 33.4 Å². The number of pyridine rings is 1. The van der Waals surface area contributed by atoms with Crippen molar-refractivity contribution < 1.29 is 22.7 Å². The molecule has 9 heteroatoms. The summed E-state index contributed by atoms with van der Waals surface area (Å²) in [5, 5.41) is 7.71. The molecule has 5 nitrogen and oxygen atoms in total. The molecule has 3 rings (SSSR count). The first kappa shape index (κ1) is 15.1. The third kappa shape index (κ3) is 2.77. The number of ether oxygens (including phenoxy) is 1. The largest absolute Gasteiger partial charge is 0.465 e. The van der Waals surface area contributed by atoms with Crippen molar-refractivity contribution in [3.63, 3.8) is 0 Å². The summed E-state index contributed by atoms with van der Waals surface area (Å²) in [7, 11) is 1.16. The lowest BCUT2D eigenvalue weighted by molar-refractivity contribution is -0.142. The Morgan fingerprint density at radius 1 is 1.41 bits per heavy atom. The quantitative estimate of drug-likeness (QED) is 0.637. The van der Waals surface area contributed by atoms with Crippen LogP contribution in [0.1, 0.15) is 28.9 Å². The average molecular weight is 331 g/mol. The van der Waals surface area contributed by atoms with Crippen LogP contribution in [0.25, 0.3) is 5.65 Å². The minimum Gasteiger partial charge on any atom is -0.465 e. The third-order valence-electron chi connectivity index (χ3n) is 3.36. The number of hydrogen-bond acceptors (Lipinski definition) is 5. The number of methoxy groups -OCH3 is 1. The van der Waals surface area contributed by atoms with E-state index in [4.69, 9.17) is 0 Å². The molecule has 0 bridgehead atoms. The Morgan fingerprint density at radius 3 is 2.73 bits per heavy atom. The summed E-state index contributed by atoms with van der Waals surface area (Å²) in [6, 6.07) is 1.91. The Hall–Kier alpha value is -1.77. The highest BCUT2D eigenvalue weighted by Crippen LogP contribution is 2.37. The van der Waals surface area contributed by atoms with Gasteiger partial charge in [-0.25, -0.2) is 4.79 Å². The molecule has 0 radical (unpaired) electrons. The van der Waals surface area contributed by atoms with Crippen molar-refractivity contribution >= 4 is 23.4 Å². The van der Waals surface area contributed by atoms with Crippen molar-refractivity contribution in [3.8, 4) is 0 Å². The number of thioether (sulfide) groups is 1. The highest BCUT2D eigenvalue weighted by atomic mass is 32.2. The van der Waals surface area contributed by atoms with Gasteiger partial charge in [-0.1, -0.05) is 11.8 Å². The molecule has 22 heavy (non-hydrogen) atoms. The summed E-state index contributed by atoms with van der Waals surface area (Å²) in [4.78, 5) is 11.7. The second kappa shape index (κ2) is 5.45. The smallest absolute Gasteiger partial charge is 0.431 e. The van der Waals surface area contributed by atoms with Crippen LogP contribution in [0, 0.1) is 5.92 Å². The van der Waals surface area contributed by atoms with E-state index in [9.17, 15) is 18.0 Å². The minimum absolute atomic E-state index is 0.0405. The molecular weight excluding hydrogens is 319 g/mol. The first-order chi connectivity index (χ1) is 10.4. The molecule has 2 aromatic heterocycles. The monoisotopic (exact) mass is 331 g/mol. The van der Waals surface area contributed by atoms with Crippen LogP contribution in [0.2, 0.25) is 0 Å². The molecule has 0 N–H and O–H groups in total. The minimum atomic E-state index is -4.57. The van der Waals surface area contributed by atoms with Crippen molar-refractivity contribution in [1.29, 1.82) is 0 Å². The topological polar surface area (TPSA) is 56.5 Å². The summed E-state index contributed by atoms with van der Waals surface area (Å²) in [5.74, 6) is 0.473. The van der Waals surface area contributed by atoms with Gasteiger partial charge in [0, 0.05) is 5.75 Å². The van der Waals surface area contributed by atoms with Gasteiger partial charge in [0.2, 0.25) is 0 Å². The lowest BCUT2D eigenvalue weighted by Gasteiger charge is -2.12. The standard InChI is InChI=1S/C13H12F3N3O2S/c1-21-11(20)8-4-5-9(13(14,15)16)19-10(8)17-18-12(19)22-6-7-2-3-7/h4-5,7H,2-3,6H2,1H3. The van der Waals surface area contributed by atoms with Gasteiger partial charge in [0.25, 0.3) is 0 Å². The Balaban J connectivity index is 2.13. The lowest BCUT2D eigenvalue weighted by atomic mass is 10.2. The van der Waals surface area contributed by atoms with Gasteiger partial charge in [-0.3, -0.25) is 4.40 Å². The number of fused-ring (bicyclic) bond motifs is 1. The molecule has 0 aromatic carbocycles. The number of carbonyl (C=O) groups is 1. The van der Waals surface area contributed by atoms with Crippen LogP contribution >= 0.6 is 11.8 Å². The Kier molecular flexibility index (Phi) is 3.75. The van der Waals surface area contributed by atoms with E-state index in [-0.39, 0.29) is 16.4 Å². The molecule has 1 aliphatic rings. The molecule has 118 valence electrons. The second-order valence-electron chi connectivity index (χ2n) is 5.02. The Morgan fingerprint density at radius 2 is 2.14 bits per heavy atom. The normalized spacial score (nSPS) is 15.3. The summed E-state index contributed by atoms with van der Waals surface area (Å²) in [6.45, 7) is 0. The third-order valence-corrected chi connectivity index (χ3v) is 4.52. The average Bonchev–Trinajstić information content (AvgIpc) is 3.21. The molecule has 0 aliphatic heterocycles. The molecule has 1 saturated carbocycles. The first-order valence-corrected chi connectivity index (χ1v) is 7.57. The fraction of sp³-hybridized carbons (Fsp3) is 0.462. The van der Waals surface area contributed by atoms with Crippen LogP contribution in [0.15, 0.2) is 17.3 Å². The maximum absolute atomic E-state index is 13.2. The molecule has 0 spiro atoms. The summed E-state index contributed by atoms with van der Waals surface area (Å²) in [6.07, 6.45) is -2.39. The molecule has 2 heterocycles. The van der Waals surface area contributed by atoms with Gasteiger partial charge in [-0.05, 0) is 30.9 Å². The zero-order valence-electron chi connectivity index (χ0n) is 11.6. The SMILES string of the molecule is COC(=O)c1ccc(C(F)(F)F)n2c(SCC3CC3)nnc12. The maximum Gasteiger partial charge on any atom is 0.431 e. The van der Waals surface area contributed by atoms with Gasteiger partial charge in [0.1, 0.15) is 11.3 Å². The second-order valence-corrected chi connectivity index (χ2v) is 6.00. The lowest BCUT2D eigenvalue weighted by Crippen LogP contribution is -2.15. The van der Waals surface area contributed by atoms with Crippen LogP contribution in [0.3, 0.4) is 0 Å². The van der Waals surface area contributed by atoms with Crippen LogP contribution in [0.4, 0.5) is 13.2 Å². The van der Waals surface area contributed by atoms with Crippen molar-refractivity contribution in [1.82, 2.24) is 14.6 Å². The van der Waals surface area contributed by atoms with E-state index >= 15 is 0 Å². The van der Waals surface area contributed by atoms with E-state index in [2.05, 4.69) is 14.9 Å². The van der Waals surface area contributed by atoms with Gasteiger partial charge in [-0.15, -0.1) is 10.2 Å². The fourth-order valence-corrected chi connectivity index (χ4v) is 3.16. The Bertz CT molecular complexity index is 725. The van der Waals surface area contributed by atoms with Crippen molar-refractivity contribution in [3.05, 3.63) is 23.4 Å². The number of halogens is 3. The van der Waals surface area contributed by atoms with E-state index in [1.807, 2.05) is 0 Å². The van der Waals surface area contributed by atoms with Crippen LogP contribution < -0.4 is 0 Å². The van der Waals surface area contributed by atoms with Gasteiger partial charge in [-0.2, -0.15) is 13.2 Å². The zero-order valence-corrected chi connectivity index (χ0v) is 12.4. The van der Waals surface area contributed by atoms with E-state index in [1.54, 1.807) is 0 Å². The molecule has 2 aromatic rings. The van der Waals surface area contributed by atoms with E-state index in [0.29, 0.717) is 11.7 Å². The molecule has 0 amide bonds. The van der Waals surface area contributed by atoms with E-state index in [1.165, 1.54) is 11.8 Å². The molecule has 0 saturated heterocycles. The molecule has 1 fully saturated rings. The van der Waals surface area contributed by atoms with Gasteiger partial charge in [0.05, 0.1) is 7.11 Å². The van der Waals surface area contributed by atoms with Crippen LogP contribution in [-0.2, 0) is 10.9 Å². The van der Waals surface area contributed by atoms with Crippen LogP contribution in [0.5, 0.6) is 0 Å². The fourth-order valence-electron chi connectivity index (χ4n) is 2.03. The summed E-state index contributed by atoms with van der Waals surface area (Å²) < 4.78 is 45.1. The van der Waals surface area contributed by atoms with Gasteiger partial charge < -0.3 is 4.74 Å². The van der Waals surface area contributed by atoms with E-state index < -0.39 is 17.8 Å². The Labute approximate surface area is 127 Å². The van der Waals surface area contributed by atoms with Gasteiger partial charge >= 0.3 is 12.1 Å². The van der Waals surface area contributed by atoms with Crippen molar-refractivity contribution in [2.45, 2.75) is 24.2 Å². The highest BCUT2D eigenvalue weighted by molar-refractivity contribution is 7.99. The number of hydrogen-bond donors (Lipinski definition) is 0. The molecule has 0 atom stereocenters. The molecule has 0 unspecified atom stereocenters.